The molecule has 1 aliphatic rings. The van der Waals surface area contributed by atoms with Crippen LogP contribution in [0, 0.1) is 5.82 Å². The lowest BCUT2D eigenvalue weighted by Gasteiger charge is -2.10. The molecule has 1 heterocycles. The maximum Gasteiger partial charge on any atom is 0.328 e. The smallest absolute Gasteiger partial charge is 0.328 e. The van der Waals surface area contributed by atoms with E-state index in [9.17, 15) is 18.4 Å². The number of hydrogen-bond acceptors (Lipinski definition) is 3. The molecule has 1 aromatic heterocycles. The number of fused-ring (bicyclic) bond motifs is 1. The number of carboxylic acid groups (broad SMARTS) is 1. The van der Waals surface area contributed by atoms with E-state index in [1.54, 1.807) is 6.07 Å². The highest BCUT2D eigenvalue weighted by molar-refractivity contribution is 5.96. The normalized spacial score (nSPS) is 14.2. The van der Waals surface area contributed by atoms with Crippen LogP contribution in [0.5, 0.6) is 0 Å². The average molecular weight is 335 g/mol. The van der Waals surface area contributed by atoms with Gasteiger partial charge in [0.25, 0.3) is 5.91 Å². The minimum atomic E-state index is -1.62. The fourth-order valence-corrected chi connectivity index (χ4v) is 2.83. The average Bonchev–Trinajstić information content (AvgIpc) is 3.14. The zero-order chi connectivity index (χ0) is 17.3. The quantitative estimate of drug-likeness (QED) is 0.870. The molecule has 0 spiro atoms. The molecule has 0 aliphatic heterocycles. The van der Waals surface area contributed by atoms with Crippen LogP contribution in [-0.2, 0) is 17.6 Å². The number of aromatic nitrogens is 2. The first-order valence-electron chi connectivity index (χ1n) is 7.47. The van der Waals surface area contributed by atoms with E-state index < -0.39 is 30.4 Å². The maximum absolute atomic E-state index is 13.4. The summed E-state index contributed by atoms with van der Waals surface area (Å²) in [5, 5.41) is 15.2. The maximum atomic E-state index is 13.4. The van der Waals surface area contributed by atoms with Gasteiger partial charge in [-0.05, 0) is 37.5 Å². The number of amides is 1. The zero-order valence-electron chi connectivity index (χ0n) is 12.6. The molecular formula is C16H15F2N3O3. The van der Waals surface area contributed by atoms with Crippen molar-refractivity contribution in [3.05, 3.63) is 47.0 Å². The number of carbonyl (C=O) groups is 2. The summed E-state index contributed by atoms with van der Waals surface area (Å²) in [6, 6.07) is 4.19. The summed E-state index contributed by atoms with van der Waals surface area (Å²) in [5.41, 5.74) is 2.02. The second kappa shape index (κ2) is 6.38. The lowest BCUT2D eigenvalue weighted by molar-refractivity contribution is -0.139. The van der Waals surface area contributed by atoms with Gasteiger partial charge in [0.05, 0.1) is 5.69 Å². The Labute approximate surface area is 136 Å². The van der Waals surface area contributed by atoms with Gasteiger partial charge in [0.15, 0.2) is 11.7 Å². The first-order valence-corrected chi connectivity index (χ1v) is 7.47. The molecule has 1 aromatic carbocycles. The van der Waals surface area contributed by atoms with Gasteiger partial charge in [-0.3, -0.25) is 4.79 Å². The van der Waals surface area contributed by atoms with Gasteiger partial charge in [0.2, 0.25) is 0 Å². The number of carboxylic acids is 1. The number of nitrogens with one attached hydrogen (secondary N) is 1. The number of nitrogens with zero attached hydrogens (tertiary/aromatic N) is 2. The minimum absolute atomic E-state index is 0.0615. The Hall–Kier alpha value is -2.77. The van der Waals surface area contributed by atoms with E-state index in [-0.39, 0.29) is 5.69 Å². The number of hydrogen-bond donors (Lipinski definition) is 2. The van der Waals surface area contributed by atoms with Crippen LogP contribution in [-0.4, -0.2) is 39.5 Å². The number of carbonyl (C=O) groups excluding carboxylic acids is 1. The molecule has 2 N–H and O–H groups in total. The van der Waals surface area contributed by atoms with Crippen molar-refractivity contribution < 1.29 is 23.5 Å². The predicted molar refractivity (Wildman–Crippen MR) is 80.4 cm³/mol. The summed E-state index contributed by atoms with van der Waals surface area (Å²) in [5.74, 6) is -2.62. The van der Waals surface area contributed by atoms with E-state index in [0.29, 0.717) is 24.1 Å². The second-order valence-corrected chi connectivity index (χ2v) is 5.54. The SMILES string of the molecule is O=C(NC(CF)C(=O)O)c1nn(-c2cccc(F)c2)c2c1CCC2. The van der Waals surface area contributed by atoms with Crippen LogP contribution in [0.2, 0.25) is 0 Å². The molecule has 0 saturated heterocycles. The van der Waals surface area contributed by atoms with E-state index in [0.717, 1.165) is 12.1 Å². The van der Waals surface area contributed by atoms with Crippen molar-refractivity contribution in [2.24, 2.45) is 0 Å². The number of halogens is 2. The fraction of sp³-hybridized carbons (Fsp3) is 0.312. The third kappa shape index (κ3) is 2.86. The Balaban J connectivity index is 1.97. The number of alkyl halides is 1. The monoisotopic (exact) mass is 335 g/mol. The Morgan fingerprint density at radius 2 is 2.17 bits per heavy atom. The summed E-state index contributed by atoms with van der Waals surface area (Å²) in [6.45, 7) is -1.21. The second-order valence-electron chi connectivity index (χ2n) is 5.54. The van der Waals surface area contributed by atoms with E-state index >= 15 is 0 Å². The Morgan fingerprint density at radius 1 is 1.38 bits per heavy atom. The van der Waals surface area contributed by atoms with Crippen LogP contribution in [0.1, 0.15) is 28.2 Å². The van der Waals surface area contributed by atoms with Crippen molar-refractivity contribution in [2.75, 3.05) is 6.67 Å². The molecule has 1 aliphatic carbocycles. The molecule has 8 heteroatoms. The van der Waals surface area contributed by atoms with Gasteiger partial charge in [-0.2, -0.15) is 5.10 Å². The largest absolute Gasteiger partial charge is 0.480 e. The standard InChI is InChI=1S/C16H15F2N3O3/c17-8-12(16(23)24)19-15(22)14-11-5-2-6-13(11)21(20-14)10-4-1-3-9(18)7-10/h1,3-4,7,12H,2,5-6,8H2,(H,19,22)(H,23,24). The fourth-order valence-electron chi connectivity index (χ4n) is 2.83. The summed E-state index contributed by atoms with van der Waals surface area (Å²) >= 11 is 0. The van der Waals surface area contributed by atoms with Crippen molar-refractivity contribution in [3.8, 4) is 5.69 Å². The van der Waals surface area contributed by atoms with Crippen molar-refractivity contribution in [3.63, 3.8) is 0 Å². The molecule has 6 nitrogen and oxygen atoms in total. The van der Waals surface area contributed by atoms with Crippen LogP contribution in [0.15, 0.2) is 24.3 Å². The molecule has 0 radical (unpaired) electrons. The molecule has 1 atom stereocenters. The number of benzene rings is 1. The van der Waals surface area contributed by atoms with Gasteiger partial charge in [0, 0.05) is 11.3 Å². The van der Waals surface area contributed by atoms with Gasteiger partial charge < -0.3 is 10.4 Å². The molecule has 2 aromatic rings. The zero-order valence-corrected chi connectivity index (χ0v) is 12.6. The molecule has 0 bridgehead atoms. The molecular weight excluding hydrogens is 320 g/mol. The Kier molecular flexibility index (Phi) is 4.28. The molecule has 126 valence electrons. The van der Waals surface area contributed by atoms with Crippen molar-refractivity contribution >= 4 is 11.9 Å². The summed E-state index contributed by atoms with van der Waals surface area (Å²) in [7, 11) is 0. The molecule has 0 fully saturated rings. The van der Waals surface area contributed by atoms with Gasteiger partial charge in [-0.15, -0.1) is 0 Å². The van der Waals surface area contributed by atoms with E-state index in [2.05, 4.69) is 10.4 Å². The van der Waals surface area contributed by atoms with E-state index in [1.807, 2.05) is 0 Å². The van der Waals surface area contributed by atoms with Gasteiger partial charge >= 0.3 is 5.97 Å². The van der Waals surface area contributed by atoms with Crippen LogP contribution < -0.4 is 5.32 Å². The Bertz CT molecular complexity index is 804. The summed E-state index contributed by atoms with van der Waals surface area (Å²) in [4.78, 5) is 23.2. The van der Waals surface area contributed by atoms with Crippen LogP contribution in [0.3, 0.4) is 0 Å². The molecule has 0 saturated carbocycles. The van der Waals surface area contributed by atoms with Gasteiger partial charge in [0.1, 0.15) is 12.5 Å². The summed E-state index contributed by atoms with van der Waals surface area (Å²) < 4.78 is 27.7. The third-order valence-corrected chi connectivity index (χ3v) is 3.96. The van der Waals surface area contributed by atoms with Crippen LogP contribution >= 0.6 is 0 Å². The van der Waals surface area contributed by atoms with Crippen molar-refractivity contribution in [2.45, 2.75) is 25.3 Å². The third-order valence-electron chi connectivity index (χ3n) is 3.96. The van der Waals surface area contributed by atoms with Crippen LogP contribution in [0.4, 0.5) is 8.78 Å². The molecule has 24 heavy (non-hydrogen) atoms. The van der Waals surface area contributed by atoms with Crippen molar-refractivity contribution in [1.82, 2.24) is 15.1 Å². The number of aliphatic carboxylic acids is 1. The highest BCUT2D eigenvalue weighted by Gasteiger charge is 2.29. The lowest BCUT2D eigenvalue weighted by atomic mass is 10.2. The first kappa shape index (κ1) is 16.1. The van der Waals surface area contributed by atoms with E-state index in [4.69, 9.17) is 5.11 Å². The molecule has 1 amide bonds. The van der Waals surface area contributed by atoms with Gasteiger partial charge in [-0.25, -0.2) is 18.3 Å². The molecule has 1 unspecified atom stereocenters. The van der Waals surface area contributed by atoms with Crippen molar-refractivity contribution in [1.29, 1.82) is 0 Å². The molecule has 3 rings (SSSR count). The highest BCUT2D eigenvalue weighted by atomic mass is 19.1. The first-order chi connectivity index (χ1) is 11.5. The number of rotatable bonds is 5. The Morgan fingerprint density at radius 3 is 2.83 bits per heavy atom. The summed E-state index contributed by atoms with van der Waals surface area (Å²) in [6.07, 6.45) is 2.10. The van der Waals surface area contributed by atoms with Crippen LogP contribution in [0.25, 0.3) is 5.69 Å². The minimum Gasteiger partial charge on any atom is -0.480 e. The topological polar surface area (TPSA) is 84.2 Å². The predicted octanol–water partition coefficient (Wildman–Crippen LogP) is 1.65. The highest BCUT2D eigenvalue weighted by Crippen LogP contribution is 2.28. The lowest BCUT2D eigenvalue weighted by Crippen LogP contribution is -2.42. The van der Waals surface area contributed by atoms with Gasteiger partial charge in [-0.1, -0.05) is 6.07 Å². The van der Waals surface area contributed by atoms with E-state index in [1.165, 1.54) is 22.9 Å².